The van der Waals surface area contributed by atoms with Crippen LogP contribution in [-0.2, 0) is 4.74 Å². The summed E-state index contributed by atoms with van der Waals surface area (Å²) in [6, 6.07) is 5.38. The van der Waals surface area contributed by atoms with Crippen molar-refractivity contribution in [3.8, 4) is 11.5 Å². The lowest BCUT2D eigenvalue weighted by atomic mass is 10.2. The SMILES string of the molecule is CCCOCCOc1ccc(C(N)=S)cc1OC. The second-order valence-corrected chi connectivity index (χ2v) is 4.13. The molecule has 5 heteroatoms. The minimum Gasteiger partial charge on any atom is -0.493 e. The van der Waals surface area contributed by atoms with E-state index >= 15 is 0 Å². The molecule has 0 unspecified atom stereocenters. The lowest BCUT2D eigenvalue weighted by molar-refractivity contribution is 0.0995. The van der Waals surface area contributed by atoms with Crippen LogP contribution in [0, 0.1) is 0 Å². The molecular formula is C13H19NO3S. The van der Waals surface area contributed by atoms with E-state index in [1.165, 1.54) is 0 Å². The third-order valence-electron chi connectivity index (χ3n) is 2.28. The van der Waals surface area contributed by atoms with Crippen molar-refractivity contribution in [2.75, 3.05) is 26.9 Å². The van der Waals surface area contributed by atoms with Gasteiger partial charge in [-0.3, -0.25) is 0 Å². The van der Waals surface area contributed by atoms with E-state index in [0.29, 0.717) is 29.7 Å². The second kappa shape index (κ2) is 7.89. The van der Waals surface area contributed by atoms with Crippen molar-refractivity contribution in [1.82, 2.24) is 0 Å². The van der Waals surface area contributed by atoms with Crippen molar-refractivity contribution in [2.24, 2.45) is 5.73 Å². The zero-order valence-electron chi connectivity index (χ0n) is 10.8. The molecule has 0 aliphatic heterocycles. The summed E-state index contributed by atoms with van der Waals surface area (Å²) in [4.78, 5) is 0.339. The molecule has 2 N–H and O–H groups in total. The van der Waals surface area contributed by atoms with Gasteiger partial charge >= 0.3 is 0 Å². The van der Waals surface area contributed by atoms with Crippen LogP contribution in [0.15, 0.2) is 18.2 Å². The smallest absolute Gasteiger partial charge is 0.161 e. The predicted molar refractivity (Wildman–Crippen MR) is 75.5 cm³/mol. The summed E-state index contributed by atoms with van der Waals surface area (Å²) < 4.78 is 16.1. The van der Waals surface area contributed by atoms with Gasteiger partial charge in [-0.05, 0) is 24.6 Å². The average Bonchev–Trinajstić information content (AvgIpc) is 2.38. The van der Waals surface area contributed by atoms with Crippen molar-refractivity contribution >= 4 is 17.2 Å². The van der Waals surface area contributed by atoms with Gasteiger partial charge in [-0.15, -0.1) is 0 Å². The highest BCUT2D eigenvalue weighted by Gasteiger charge is 2.07. The Hall–Kier alpha value is -1.33. The number of benzene rings is 1. The molecule has 1 rings (SSSR count). The molecule has 0 aliphatic rings. The monoisotopic (exact) mass is 269 g/mol. The summed E-state index contributed by atoms with van der Waals surface area (Å²) in [5.41, 5.74) is 6.32. The molecule has 0 saturated heterocycles. The Balaban J connectivity index is 2.57. The molecule has 1 aromatic carbocycles. The lowest BCUT2D eigenvalue weighted by Gasteiger charge is -2.12. The number of methoxy groups -OCH3 is 1. The average molecular weight is 269 g/mol. The van der Waals surface area contributed by atoms with Gasteiger partial charge in [0.15, 0.2) is 11.5 Å². The Kier molecular flexibility index (Phi) is 6.46. The number of nitrogens with two attached hydrogens (primary N) is 1. The molecule has 0 aromatic heterocycles. The van der Waals surface area contributed by atoms with Crippen LogP contribution in [0.25, 0.3) is 0 Å². The Labute approximate surface area is 113 Å². The van der Waals surface area contributed by atoms with Crippen molar-refractivity contribution in [3.63, 3.8) is 0 Å². The molecule has 0 atom stereocenters. The first kappa shape index (κ1) is 14.7. The van der Waals surface area contributed by atoms with E-state index in [9.17, 15) is 0 Å². The van der Waals surface area contributed by atoms with E-state index in [1.54, 1.807) is 19.2 Å². The minimum absolute atomic E-state index is 0.339. The van der Waals surface area contributed by atoms with E-state index < -0.39 is 0 Å². The fourth-order valence-corrected chi connectivity index (χ4v) is 1.52. The fraction of sp³-hybridized carbons (Fsp3) is 0.462. The standard InChI is InChI=1S/C13H19NO3S/c1-3-6-16-7-8-17-11-5-4-10(13(14)18)9-12(11)15-2/h4-5,9H,3,6-8H2,1-2H3,(H2,14,18). The molecule has 0 bridgehead atoms. The largest absolute Gasteiger partial charge is 0.493 e. The van der Waals surface area contributed by atoms with Crippen LogP contribution >= 0.6 is 12.2 Å². The predicted octanol–water partition coefficient (Wildman–Crippen LogP) is 2.13. The van der Waals surface area contributed by atoms with Crippen LogP contribution in [0.4, 0.5) is 0 Å². The molecular weight excluding hydrogens is 250 g/mol. The van der Waals surface area contributed by atoms with Gasteiger partial charge in [-0.25, -0.2) is 0 Å². The van der Waals surface area contributed by atoms with Crippen LogP contribution in [0.2, 0.25) is 0 Å². The van der Waals surface area contributed by atoms with Gasteiger partial charge in [0.2, 0.25) is 0 Å². The van der Waals surface area contributed by atoms with Crippen LogP contribution in [0.1, 0.15) is 18.9 Å². The minimum atomic E-state index is 0.339. The molecule has 0 heterocycles. The summed E-state index contributed by atoms with van der Waals surface area (Å²) in [6.45, 7) is 3.87. The zero-order valence-corrected chi connectivity index (χ0v) is 11.6. The Morgan fingerprint density at radius 2 is 2.00 bits per heavy atom. The first-order valence-electron chi connectivity index (χ1n) is 5.87. The van der Waals surface area contributed by atoms with Gasteiger partial charge in [-0.1, -0.05) is 19.1 Å². The summed E-state index contributed by atoms with van der Waals surface area (Å²) in [7, 11) is 1.58. The third-order valence-corrected chi connectivity index (χ3v) is 2.52. The molecule has 4 nitrogen and oxygen atoms in total. The van der Waals surface area contributed by atoms with Gasteiger partial charge in [0.25, 0.3) is 0 Å². The highest BCUT2D eigenvalue weighted by molar-refractivity contribution is 7.80. The molecule has 100 valence electrons. The van der Waals surface area contributed by atoms with Gasteiger partial charge in [0.05, 0.1) is 13.7 Å². The van der Waals surface area contributed by atoms with Gasteiger partial charge in [-0.2, -0.15) is 0 Å². The van der Waals surface area contributed by atoms with Crippen LogP contribution < -0.4 is 15.2 Å². The van der Waals surface area contributed by atoms with E-state index in [2.05, 4.69) is 6.92 Å². The normalized spacial score (nSPS) is 10.1. The first-order valence-corrected chi connectivity index (χ1v) is 6.28. The fourth-order valence-electron chi connectivity index (χ4n) is 1.40. The van der Waals surface area contributed by atoms with Gasteiger partial charge in [0, 0.05) is 12.2 Å². The summed E-state index contributed by atoms with van der Waals surface area (Å²) in [6.07, 6.45) is 1.01. The molecule has 0 amide bonds. The van der Waals surface area contributed by atoms with E-state index in [4.69, 9.17) is 32.2 Å². The molecule has 0 fully saturated rings. The Bertz CT molecular complexity index is 396. The molecule has 0 spiro atoms. The van der Waals surface area contributed by atoms with Gasteiger partial charge in [0.1, 0.15) is 11.6 Å². The quantitative estimate of drug-likeness (QED) is 0.579. The molecule has 0 aliphatic carbocycles. The number of rotatable bonds is 8. The molecule has 1 aromatic rings. The summed E-state index contributed by atoms with van der Waals surface area (Å²) in [5.74, 6) is 1.29. The molecule has 0 radical (unpaired) electrons. The topological polar surface area (TPSA) is 53.7 Å². The van der Waals surface area contributed by atoms with Crippen LogP contribution in [0.3, 0.4) is 0 Å². The number of hydrogen-bond donors (Lipinski definition) is 1. The third kappa shape index (κ3) is 4.50. The molecule has 0 saturated carbocycles. The molecule has 18 heavy (non-hydrogen) atoms. The lowest BCUT2D eigenvalue weighted by Crippen LogP contribution is -2.11. The first-order chi connectivity index (χ1) is 8.69. The summed E-state index contributed by atoms with van der Waals surface area (Å²) in [5, 5.41) is 0. The van der Waals surface area contributed by atoms with E-state index in [1.807, 2.05) is 6.07 Å². The number of hydrogen-bond acceptors (Lipinski definition) is 4. The highest BCUT2D eigenvalue weighted by atomic mass is 32.1. The van der Waals surface area contributed by atoms with Crippen molar-refractivity contribution < 1.29 is 14.2 Å². The maximum absolute atomic E-state index is 5.58. The maximum Gasteiger partial charge on any atom is 0.161 e. The number of thiocarbonyl (C=S) groups is 1. The van der Waals surface area contributed by atoms with Crippen molar-refractivity contribution in [1.29, 1.82) is 0 Å². The maximum atomic E-state index is 5.58. The Morgan fingerprint density at radius 1 is 1.22 bits per heavy atom. The van der Waals surface area contributed by atoms with Crippen LogP contribution in [-0.4, -0.2) is 31.9 Å². The number of ether oxygens (including phenoxy) is 3. The highest BCUT2D eigenvalue weighted by Crippen LogP contribution is 2.27. The van der Waals surface area contributed by atoms with E-state index in [-0.39, 0.29) is 0 Å². The summed E-state index contributed by atoms with van der Waals surface area (Å²) >= 11 is 4.91. The Morgan fingerprint density at radius 3 is 2.61 bits per heavy atom. The second-order valence-electron chi connectivity index (χ2n) is 3.69. The van der Waals surface area contributed by atoms with Crippen molar-refractivity contribution in [2.45, 2.75) is 13.3 Å². The van der Waals surface area contributed by atoms with Crippen LogP contribution in [0.5, 0.6) is 11.5 Å². The van der Waals surface area contributed by atoms with Crippen molar-refractivity contribution in [3.05, 3.63) is 23.8 Å². The zero-order chi connectivity index (χ0) is 13.4. The van der Waals surface area contributed by atoms with Gasteiger partial charge < -0.3 is 19.9 Å². The van der Waals surface area contributed by atoms with E-state index in [0.717, 1.165) is 18.6 Å².